The fourth-order valence-corrected chi connectivity index (χ4v) is 2.87. The van der Waals surface area contributed by atoms with Gasteiger partial charge in [0.25, 0.3) is 0 Å². The maximum absolute atomic E-state index is 13.1. The lowest BCUT2D eigenvalue weighted by atomic mass is 10.1. The molecule has 0 spiro atoms. The molecular weight excluding hydrogens is 409 g/mol. The van der Waals surface area contributed by atoms with Crippen molar-refractivity contribution in [3.63, 3.8) is 0 Å². The number of amides is 2. The van der Waals surface area contributed by atoms with E-state index in [1.165, 1.54) is 18.2 Å². The third-order valence-corrected chi connectivity index (χ3v) is 4.31. The molecule has 0 aliphatic heterocycles. The van der Waals surface area contributed by atoms with Crippen molar-refractivity contribution in [1.82, 2.24) is 19.7 Å². The van der Waals surface area contributed by atoms with Crippen LogP contribution in [0.4, 0.5) is 29.3 Å². The standard InChI is InChI=1S/C21H15F3N6O/c22-21(23,24)17-3-1-2-4-18(17)29-20(31)28-15-5-7-16(8-6-15)30-13-14(11-27-30)19-12-25-9-10-26-19/h1-13H,(H2,28,29,31). The Hall–Kier alpha value is -4.21. The minimum absolute atomic E-state index is 0.322. The highest BCUT2D eigenvalue weighted by molar-refractivity contribution is 6.00. The van der Waals surface area contributed by atoms with Crippen LogP contribution in [0.15, 0.2) is 79.5 Å². The summed E-state index contributed by atoms with van der Waals surface area (Å²) in [6.07, 6.45) is 3.67. The van der Waals surface area contributed by atoms with Gasteiger partial charge in [-0.3, -0.25) is 9.97 Å². The zero-order chi connectivity index (χ0) is 21.8. The topological polar surface area (TPSA) is 84.7 Å². The van der Waals surface area contributed by atoms with Gasteiger partial charge in [0.15, 0.2) is 0 Å². The highest BCUT2D eigenvalue weighted by Crippen LogP contribution is 2.34. The van der Waals surface area contributed by atoms with Gasteiger partial charge >= 0.3 is 12.2 Å². The number of carbonyl (C=O) groups is 1. The summed E-state index contributed by atoms with van der Waals surface area (Å²) in [4.78, 5) is 20.4. The van der Waals surface area contributed by atoms with Crippen molar-refractivity contribution in [1.29, 1.82) is 0 Å². The van der Waals surface area contributed by atoms with E-state index in [1.807, 2.05) is 0 Å². The fraction of sp³-hybridized carbons (Fsp3) is 0.0476. The first-order chi connectivity index (χ1) is 14.9. The molecule has 156 valence electrons. The molecule has 2 heterocycles. The SMILES string of the molecule is O=C(Nc1ccc(-n2cc(-c3cnccn3)cn2)cc1)Nc1ccccc1C(F)(F)F. The Balaban J connectivity index is 1.44. The smallest absolute Gasteiger partial charge is 0.308 e. The summed E-state index contributed by atoms with van der Waals surface area (Å²) >= 11 is 0. The summed E-state index contributed by atoms with van der Waals surface area (Å²) in [5.41, 5.74) is 1.37. The van der Waals surface area contributed by atoms with Crippen LogP contribution in [0.5, 0.6) is 0 Å². The number of nitrogens with zero attached hydrogens (tertiary/aromatic N) is 4. The zero-order valence-corrected chi connectivity index (χ0v) is 15.8. The minimum Gasteiger partial charge on any atom is -0.308 e. The largest absolute Gasteiger partial charge is 0.418 e. The molecule has 4 aromatic rings. The second-order valence-electron chi connectivity index (χ2n) is 6.43. The molecule has 0 unspecified atom stereocenters. The maximum atomic E-state index is 13.1. The molecule has 0 saturated carbocycles. The van der Waals surface area contributed by atoms with Crippen LogP contribution in [0.3, 0.4) is 0 Å². The summed E-state index contributed by atoms with van der Waals surface area (Å²) in [6, 6.07) is 10.7. The van der Waals surface area contributed by atoms with Crippen molar-refractivity contribution < 1.29 is 18.0 Å². The van der Waals surface area contributed by atoms with Crippen LogP contribution >= 0.6 is 0 Å². The lowest BCUT2D eigenvalue weighted by Gasteiger charge is -2.14. The Morgan fingerprint density at radius 2 is 1.71 bits per heavy atom. The van der Waals surface area contributed by atoms with Crippen molar-refractivity contribution in [3.05, 3.63) is 85.1 Å². The number of hydrogen-bond acceptors (Lipinski definition) is 4. The van der Waals surface area contributed by atoms with Gasteiger partial charge in [-0.15, -0.1) is 0 Å². The predicted molar refractivity (Wildman–Crippen MR) is 109 cm³/mol. The Bertz CT molecular complexity index is 1190. The molecule has 0 saturated heterocycles. The normalized spacial score (nSPS) is 11.2. The number of anilines is 2. The number of nitrogens with one attached hydrogen (secondary N) is 2. The van der Waals surface area contributed by atoms with Gasteiger partial charge in [0.2, 0.25) is 0 Å². The van der Waals surface area contributed by atoms with E-state index in [1.54, 1.807) is 59.9 Å². The minimum atomic E-state index is -4.57. The zero-order valence-electron chi connectivity index (χ0n) is 15.8. The third kappa shape index (κ3) is 4.69. The monoisotopic (exact) mass is 424 g/mol. The van der Waals surface area contributed by atoms with Gasteiger partial charge < -0.3 is 10.6 Å². The van der Waals surface area contributed by atoms with Crippen molar-refractivity contribution in [2.24, 2.45) is 0 Å². The molecule has 31 heavy (non-hydrogen) atoms. The second kappa shape index (κ2) is 8.27. The van der Waals surface area contributed by atoms with E-state index in [9.17, 15) is 18.0 Å². The lowest BCUT2D eigenvalue weighted by molar-refractivity contribution is -0.136. The summed E-state index contributed by atoms with van der Waals surface area (Å²) in [5, 5.41) is 9.03. The highest BCUT2D eigenvalue weighted by atomic mass is 19.4. The van der Waals surface area contributed by atoms with Crippen molar-refractivity contribution in [3.8, 4) is 16.9 Å². The van der Waals surface area contributed by atoms with E-state index in [4.69, 9.17) is 0 Å². The summed E-state index contributed by atoms with van der Waals surface area (Å²) in [6.45, 7) is 0. The number of aromatic nitrogens is 4. The van der Waals surface area contributed by atoms with E-state index >= 15 is 0 Å². The van der Waals surface area contributed by atoms with Crippen LogP contribution < -0.4 is 10.6 Å². The lowest BCUT2D eigenvalue weighted by Crippen LogP contribution is -2.21. The van der Waals surface area contributed by atoms with E-state index in [-0.39, 0.29) is 5.69 Å². The molecule has 2 aromatic carbocycles. The first-order valence-corrected chi connectivity index (χ1v) is 9.06. The number of rotatable bonds is 4. The van der Waals surface area contributed by atoms with Gasteiger partial charge in [-0.25, -0.2) is 9.48 Å². The van der Waals surface area contributed by atoms with E-state index in [2.05, 4.69) is 25.7 Å². The Kier molecular flexibility index (Phi) is 5.35. The van der Waals surface area contributed by atoms with Crippen LogP contribution in [0.1, 0.15) is 5.56 Å². The third-order valence-electron chi connectivity index (χ3n) is 4.31. The molecular formula is C21H15F3N6O. The molecule has 4 rings (SSSR count). The second-order valence-corrected chi connectivity index (χ2v) is 6.43. The number of alkyl halides is 3. The summed E-state index contributed by atoms with van der Waals surface area (Å²) in [7, 11) is 0. The number of halogens is 3. The van der Waals surface area contributed by atoms with Crippen molar-refractivity contribution >= 4 is 17.4 Å². The molecule has 0 aliphatic rings. The van der Waals surface area contributed by atoms with Gasteiger partial charge in [0, 0.05) is 29.8 Å². The van der Waals surface area contributed by atoms with Crippen LogP contribution in [-0.4, -0.2) is 25.8 Å². The molecule has 0 fully saturated rings. The molecule has 2 amide bonds. The first kappa shape index (κ1) is 20.1. The predicted octanol–water partition coefficient (Wildman–Crippen LogP) is 4.99. The Labute approximate surface area is 174 Å². The Morgan fingerprint density at radius 3 is 2.42 bits per heavy atom. The molecule has 7 nitrogen and oxygen atoms in total. The van der Waals surface area contributed by atoms with Gasteiger partial charge in [-0.05, 0) is 36.4 Å². The quantitative estimate of drug-likeness (QED) is 0.483. The van der Waals surface area contributed by atoms with E-state index in [0.717, 1.165) is 17.3 Å². The van der Waals surface area contributed by atoms with Crippen LogP contribution in [-0.2, 0) is 6.18 Å². The molecule has 10 heteroatoms. The first-order valence-electron chi connectivity index (χ1n) is 9.06. The van der Waals surface area contributed by atoms with Crippen LogP contribution in [0.25, 0.3) is 16.9 Å². The van der Waals surface area contributed by atoms with Crippen LogP contribution in [0, 0.1) is 0 Å². The summed E-state index contributed by atoms with van der Waals surface area (Å²) < 4.78 is 40.8. The molecule has 2 N–H and O–H groups in total. The van der Waals surface area contributed by atoms with Gasteiger partial charge in [-0.2, -0.15) is 18.3 Å². The number of hydrogen-bond donors (Lipinski definition) is 2. The highest BCUT2D eigenvalue weighted by Gasteiger charge is 2.33. The Morgan fingerprint density at radius 1 is 0.935 bits per heavy atom. The molecule has 0 aliphatic carbocycles. The molecule has 2 aromatic heterocycles. The number of carbonyl (C=O) groups excluding carboxylic acids is 1. The van der Waals surface area contributed by atoms with Crippen LogP contribution in [0.2, 0.25) is 0 Å². The van der Waals surface area contributed by atoms with Gasteiger partial charge in [0.05, 0.1) is 35.0 Å². The molecule has 0 radical (unpaired) electrons. The molecule has 0 atom stereocenters. The average molecular weight is 424 g/mol. The number of benzene rings is 2. The van der Waals surface area contributed by atoms with Crippen molar-refractivity contribution in [2.75, 3.05) is 10.6 Å². The number of urea groups is 1. The van der Waals surface area contributed by atoms with Gasteiger partial charge in [0.1, 0.15) is 0 Å². The fourth-order valence-electron chi connectivity index (χ4n) is 2.87. The number of para-hydroxylation sites is 1. The molecule has 0 bridgehead atoms. The average Bonchev–Trinajstić information content (AvgIpc) is 3.25. The van der Waals surface area contributed by atoms with Gasteiger partial charge in [-0.1, -0.05) is 12.1 Å². The maximum Gasteiger partial charge on any atom is 0.418 e. The summed E-state index contributed by atoms with van der Waals surface area (Å²) in [5.74, 6) is 0. The van der Waals surface area contributed by atoms with E-state index < -0.39 is 17.8 Å². The van der Waals surface area contributed by atoms with E-state index in [0.29, 0.717) is 11.4 Å². The van der Waals surface area contributed by atoms with Crippen molar-refractivity contribution in [2.45, 2.75) is 6.18 Å².